The van der Waals surface area contributed by atoms with Crippen LogP contribution in [0.25, 0.3) is 0 Å². The fourth-order valence-electron chi connectivity index (χ4n) is 1.39. The van der Waals surface area contributed by atoms with Crippen LogP contribution in [0.3, 0.4) is 0 Å². The van der Waals surface area contributed by atoms with Crippen LogP contribution in [0.15, 0.2) is 30.3 Å². The number of nitrogens with one attached hydrogen (secondary N) is 3. The second-order valence-corrected chi connectivity index (χ2v) is 5.33. The van der Waals surface area contributed by atoms with E-state index in [1.165, 1.54) is 0 Å². The van der Waals surface area contributed by atoms with Crippen molar-refractivity contribution in [2.45, 2.75) is 6.42 Å². The first-order valence-corrected chi connectivity index (χ1v) is 6.43. The zero-order valence-electron chi connectivity index (χ0n) is 7.86. The molecule has 0 saturated carbocycles. The Morgan fingerprint density at radius 3 is 2.43 bits per heavy atom. The smallest absolute Gasteiger partial charge is 0.303 e. The lowest BCUT2D eigenvalue weighted by atomic mass is 10.3. The van der Waals surface area contributed by atoms with Gasteiger partial charge in [0.05, 0.1) is 0 Å². The summed E-state index contributed by atoms with van der Waals surface area (Å²) in [6.45, 7) is 1.59. The SMILES string of the molecule is O=P1(Nc2ccccc2)NCCCN1. The molecule has 0 radical (unpaired) electrons. The average Bonchev–Trinajstić information content (AvgIpc) is 2.19. The van der Waals surface area contributed by atoms with Gasteiger partial charge in [0.25, 0.3) is 0 Å². The van der Waals surface area contributed by atoms with Gasteiger partial charge in [-0.15, -0.1) is 0 Å². The fourth-order valence-corrected chi connectivity index (χ4v) is 3.12. The Labute approximate surface area is 83.6 Å². The highest BCUT2D eigenvalue weighted by Gasteiger charge is 2.23. The molecule has 1 heterocycles. The molecule has 3 N–H and O–H groups in total. The van der Waals surface area contributed by atoms with Crippen molar-refractivity contribution in [3.05, 3.63) is 30.3 Å². The van der Waals surface area contributed by atoms with Crippen LogP contribution in [0.1, 0.15) is 6.42 Å². The number of hydrogen-bond donors (Lipinski definition) is 3. The van der Waals surface area contributed by atoms with Crippen molar-refractivity contribution in [1.29, 1.82) is 0 Å². The van der Waals surface area contributed by atoms with Gasteiger partial charge in [0, 0.05) is 18.8 Å². The van der Waals surface area contributed by atoms with E-state index in [-0.39, 0.29) is 0 Å². The zero-order chi connectivity index (χ0) is 9.86. The maximum absolute atomic E-state index is 12.1. The molecule has 0 aliphatic carbocycles. The highest BCUT2D eigenvalue weighted by Crippen LogP contribution is 2.37. The second-order valence-electron chi connectivity index (χ2n) is 3.26. The summed E-state index contributed by atoms with van der Waals surface area (Å²) in [6, 6.07) is 9.56. The van der Waals surface area contributed by atoms with Crippen molar-refractivity contribution >= 4 is 13.3 Å². The van der Waals surface area contributed by atoms with E-state index in [4.69, 9.17) is 0 Å². The normalized spacial score (nSPS) is 20.3. The first kappa shape index (κ1) is 9.71. The van der Waals surface area contributed by atoms with E-state index in [9.17, 15) is 4.57 Å². The van der Waals surface area contributed by atoms with Crippen LogP contribution in [0, 0.1) is 0 Å². The molecule has 1 aliphatic heterocycles. The van der Waals surface area contributed by atoms with Gasteiger partial charge in [-0.1, -0.05) is 18.2 Å². The lowest BCUT2D eigenvalue weighted by Gasteiger charge is -2.26. The molecule has 0 unspecified atom stereocenters. The highest BCUT2D eigenvalue weighted by molar-refractivity contribution is 7.61. The zero-order valence-corrected chi connectivity index (χ0v) is 8.76. The molecule has 1 aromatic carbocycles. The lowest BCUT2D eigenvalue weighted by Crippen LogP contribution is -2.34. The molecule has 0 amide bonds. The summed E-state index contributed by atoms with van der Waals surface area (Å²) in [5, 5.41) is 8.95. The van der Waals surface area contributed by atoms with Crippen LogP contribution in [0.5, 0.6) is 0 Å². The van der Waals surface area contributed by atoms with Crippen LogP contribution in [0.2, 0.25) is 0 Å². The van der Waals surface area contributed by atoms with Crippen LogP contribution in [-0.2, 0) is 4.57 Å². The van der Waals surface area contributed by atoms with Crippen molar-refractivity contribution in [3.63, 3.8) is 0 Å². The van der Waals surface area contributed by atoms with E-state index in [0.29, 0.717) is 0 Å². The molecule has 1 aliphatic rings. The molecule has 1 saturated heterocycles. The molecule has 0 atom stereocenters. The number of rotatable bonds is 2. The average molecular weight is 211 g/mol. The summed E-state index contributed by atoms with van der Waals surface area (Å²) in [7, 11) is -2.59. The summed E-state index contributed by atoms with van der Waals surface area (Å²) < 4.78 is 12.1. The maximum atomic E-state index is 12.1. The van der Waals surface area contributed by atoms with E-state index < -0.39 is 7.59 Å². The Bertz CT molecular complexity index is 331. The Morgan fingerprint density at radius 1 is 1.14 bits per heavy atom. The molecule has 4 nitrogen and oxygen atoms in total. The van der Waals surface area contributed by atoms with Crippen molar-refractivity contribution in [2.24, 2.45) is 0 Å². The second kappa shape index (κ2) is 4.13. The third-order valence-corrected chi connectivity index (χ3v) is 3.99. The van der Waals surface area contributed by atoms with Gasteiger partial charge in [0.2, 0.25) is 0 Å². The van der Waals surface area contributed by atoms with Crippen molar-refractivity contribution in [1.82, 2.24) is 10.2 Å². The summed E-state index contributed by atoms with van der Waals surface area (Å²) in [5.41, 5.74) is 0.873. The number of hydrogen-bond acceptors (Lipinski definition) is 1. The maximum Gasteiger partial charge on any atom is 0.303 e. The van der Waals surface area contributed by atoms with Crippen LogP contribution >= 0.6 is 7.59 Å². The fraction of sp³-hybridized carbons (Fsp3) is 0.333. The first-order chi connectivity index (χ1) is 6.79. The largest absolute Gasteiger partial charge is 0.313 e. The Hall–Kier alpha value is -0.830. The van der Waals surface area contributed by atoms with Gasteiger partial charge in [-0.3, -0.25) is 4.57 Å². The molecule has 0 bridgehead atoms. The van der Waals surface area contributed by atoms with Crippen LogP contribution < -0.4 is 15.3 Å². The first-order valence-electron chi connectivity index (χ1n) is 4.72. The molecular formula is C9H14N3OP. The Kier molecular flexibility index (Phi) is 2.87. The topological polar surface area (TPSA) is 53.2 Å². The van der Waals surface area contributed by atoms with Gasteiger partial charge in [-0.2, -0.15) is 0 Å². The van der Waals surface area contributed by atoms with E-state index in [1.54, 1.807) is 0 Å². The minimum atomic E-state index is -2.59. The van der Waals surface area contributed by atoms with E-state index >= 15 is 0 Å². The predicted octanol–water partition coefficient (Wildman–Crippen LogP) is 1.79. The quantitative estimate of drug-likeness (QED) is 0.653. The van der Waals surface area contributed by atoms with Gasteiger partial charge >= 0.3 is 7.59 Å². The predicted molar refractivity (Wildman–Crippen MR) is 58.3 cm³/mol. The highest BCUT2D eigenvalue weighted by atomic mass is 31.2. The molecule has 2 rings (SSSR count). The number of benzene rings is 1. The van der Waals surface area contributed by atoms with E-state index in [2.05, 4.69) is 15.3 Å². The van der Waals surface area contributed by atoms with Gasteiger partial charge in [0.1, 0.15) is 0 Å². The van der Waals surface area contributed by atoms with Gasteiger partial charge in [-0.05, 0) is 18.6 Å². The summed E-state index contributed by atoms with van der Waals surface area (Å²) in [5.74, 6) is 0. The minimum Gasteiger partial charge on any atom is -0.313 e. The summed E-state index contributed by atoms with van der Waals surface area (Å²) >= 11 is 0. The molecular weight excluding hydrogens is 197 g/mol. The van der Waals surface area contributed by atoms with Crippen LogP contribution in [-0.4, -0.2) is 13.1 Å². The van der Waals surface area contributed by atoms with Gasteiger partial charge < -0.3 is 5.09 Å². The van der Waals surface area contributed by atoms with Crippen molar-refractivity contribution in [2.75, 3.05) is 18.2 Å². The van der Waals surface area contributed by atoms with Crippen molar-refractivity contribution in [3.8, 4) is 0 Å². The third kappa shape index (κ3) is 2.35. The molecule has 14 heavy (non-hydrogen) atoms. The number of para-hydroxylation sites is 1. The monoisotopic (exact) mass is 211 g/mol. The van der Waals surface area contributed by atoms with Gasteiger partial charge in [-0.25, -0.2) is 10.2 Å². The van der Waals surface area contributed by atoms with Gasteiger partial charge in [0.15, 0.2) is 0 Å². The standard InChI is InChI=1S/C9H14N3OP/c13-14(10-7-4-8-11-14)12-9-5-2-1-3-6-9/h1-3,5-6H,4,7-8H2,(H3,10,11,12,13). The van der Waals surface area contributed by atoms with Crippen LogP contribution in [0.4, 0.5) is 5.69 Å². The Balaban J connectivity index is 2.06. The molecule has 1 aromatic rings. The lowest BCUT2D eigenvalue weighted by molar-refractivity contribution is 0.540. The molecule has 5 heteroatoms. The van der Waals surface area contributed by atoms with E-state index in [1.807, 2.05) is 30.3 Å². The summed E-state index contributed by atoms with van der Waals surface area (Å²) in [4.78, 5) is 0. The molecule has 76 valence electrons. The Morgan fingerprint density at radius 2 is 1.79 bits per heavy atom. The van der Waals surface area contributed by atoms with E-state index in [0.717, 1.165) is 25.2 Å². The molecule has 1 fully saturated rings. The molecule has 0 spiro atoms. The third-order valence-electron chi connectivity index (χ3n) is 2.08. The van der Waals surface area contributed by atoms with Crippen molar-refractivity contribution < 1.29 is 4.57 Å². The molecule has 0 aromatic heterocycles. The minimum absolute atomic E-state index is 0.796. The number of anilines is 1. The summed E-state index contributed by atoms with van der Waals surface area (Å²) in [6.07, 6.45) is 1.01.